The summed E-state index contributed by atoms with van der Waals surface area (Å²) in [5.74, 6) is 0.671. The highest BCUT2D eigenvalue weighted by molar-refractivity contribution is 6.15. The predicted molar refractivity (Wildman–Crippen MR) is 95.2 cm³/mol. The van der Waals surface area contributed by atoms with Crippen LogP contribution < -0.4 is 9.75 Å². The third kappa shape index (κ3) is 2.80. The van der Waals surface area contributed by atoms with Crippen molar-refractivity contribution in [1.82, 2.24) is 0 Å². The number of hydrazone groups is 1. The van der Waals surface area contributed by atoms with E-state index >= 15 is 0 Å². The van der Waals surface area contributed by atoms with Crippen molar-refractivity contribution < 1.29 is 14.2 Å². The van der Waals surface area contributed by atoms with Crippen molar-refractivity contribution in [2.75, 3.05) is 19.2 Å². The number of aliphatic imine (C=N–C) groups is 1. The summed E-state index contributed by atoms with van der Waals surface area (Å²) in [6, 6.07) is 16.7. The lowest BCUT2D eigenvalue weighted by Gasteiger charge is -2.11. The smallest absolute Gasteiger partial charge is 0.318 e. The fraction of sp³-hybridized carbons (Fsp3) is 0.211. The Morgan fingerprint density at radius 3 is 2.50 bits per heavy atom. The molecule has 1 atom stereocenters. The van der Waals surface area contributed by atoms with Crippen molar-refractivity contribution in [1.29, 1.82) is 0 Å². The van der Waals surface area contributed by atoms with Gasteiger partial charge < -0.3 is 4.74 Å². The molecule has 0 bridgehead atoms. The molecular formula is C19H20N3O2+. The van der Waals surface area contributed by atoms with Crippen LogP contribution in [0.5, 0.6) is 5.75 Å². The molecule has 1 amide bonds. The third-order valence-electron chi connectivity index (χ3n) is 4.15. The van der Waals surface area contributed by atoms with Crippen LogP contribution in [0, 0.1) is 0 Å². The second-order valence-electron chi connectivity index (χ2n) is 5.57. The average Bonchev–Trinajstić information content (AvgIpc) is 2.83. The number of carbonyl (C=O) groups excluding carboxylic acids is 1. The molecular weight excluding hydrogens is 302 g/mol. The van der Waals surface area contributed by atoms with Gasteiger partial charge in [-0.15, -0.1) is 4.68 Å². The molecule has 1 heterocycles. The van der Waals surface area contributed by atoms with Crippen molar-refractivity contribution in [3.63, 3.8) is 0 Å². The van der Waals surface area contributed by atoms with E-state index in [1.54, 1.807) is 18.3 Å². The Labute approximate surface area is 141 Å². The summed E-state index contributed by atoms with van der Waals surface area (Å²) in [6.45, 7) is 1.92. The Bertz CT molecular complexity index is 812. The summed E-state index contributed by atoms with van der Waals surface area (Å²) in [4.78, 5) is 17.3. The molecule has 24 heavy (non-hydrogen) atoms. The molecule has 0 radical (unpaired) electrons. The molecule has 0 saturated carbocycles. The monoisotopic (exact) mass is 322 g/mol. The number of carbonyl (C=O) groups is 1. The zero-order valence-corrected chi connectivity index (χ0v) is 14.0. The summed E-state index contributed by atoms with van der Waals surface area (Å²) in [7, 11) is 3.49. The minimum atomic E-state index is -0.528. The molecule has 122 valence electrons. The fourth-order valence-electron chi connectivity index (χ4n) is 2.75. The number of nitrogens with zero attached hydrogens (tertiary/aromatic N) is 3. The highest BCUT2D eigenvalue weighted by atomic mass is 16.5. The van der Waals surface area contributed by atoms with Gasteiger partial charge in [-0.25, -0.2) is 0 Å². The predicted octanol–water partition coefficient (Wildman–Crippen LogP) is 2.55. The molecule has 0 N–H and O–H groups in total. The van der Waals surface area contributed by atoms with Crippen LogP contribution in [0.15, 0.2) is 59.6 Å². The van der Waals surface area contributed by atoms with Crippen LogP contribution in [0.1, 0.15) is 12.5 Å². The van der Waals surface area contributed by atoms with Gasteiger partial charge in [0, 0.05) is 18.7 Å². The van der Waals surface area contributed by atoms with Gasteiger partial charge in [0.2, 0.25) is 11.8 Å². The van der Waals surface area contributed by atoms with Gasteiger partial charge in [0.15, 0.2) is 7.05 Å². The first kappa shape index (κ1) is 15.9. The van der Waals surface area contributed by atoms with Crippen LogP contribution in [0.3, 0.4) is 0 Å². The van der Waals surface area contributed by atoms with Crippen molar-refractivity contribution >= 4 is 23.5 Å². The second-order valence-corrected chi connectivity index (χ2v) is 5.57. The first-order chi connectivity index (χ1) is 11.6. The molecule has 0 fully saturated rings. The molecule has 0 aliphatic carbocycles. The molecule has 0 spiro atoms. The Kier molecular flexibility index (Phi) is 4.42. The van der Waals surface area contributed by atoms with Crippen molar-refractivity contribution in [3.05, 3.63) is 60.2 Å². The zero-order valence-electron chi connectivity index (χ0n) is 14.0. The number of para-hydroxylation sites is 2. The molecule has 3 rings (SSSR count). The van der Waals surface area contributed by atoms with E-state index in [0.717, 1.165) is 22.7 Å². The van der Waals surface area contributed by atoms with E-state index in [1.807, 2.05) is 73.3 Å². The van der Waals surface area contributed by atoms with Gasteiger partial charge in [-0.1, -0.05) is 35.3 Å². The van der Waals surface area contributed by atoms with Gasteiger partial charge in [-0.2, -0.15) is 0 Å². The molecule has 2 aromatic rings. The van der Waals surface area contributed by atoms with E-state index in [-0.39, 0.29) is 5.91 Å². The van der Waals surface area contributed by atoms with E-state index in [0.29, 0.717) is 0 Å². The third-order valence-corrected chi connectivity index (χ3v) is 4.15. The maximum atomic E-state index is 12.8. The summed E-state index contributed by atoms with van der Waals surface area (Å²) < 4.78 is 7.17. The maximum absolute atomic E-state index is 12.8. The van der Waals surface area contributed by atoms with Crippen molar-refractivity contribution in [2.45, 2.75) is 13.0 Å². The summed E-state index contributed by atoms with van der Waals surface area (Å²) in [5, 5.41) is 1.65. The van der Waals surface area contributed by atoms with Gasteiger partial charge in [0.1, 0.15) is 11.4 Å². The number of rotatable bonds is 4. The van der Waals surface area contributed by atoms with Crippen LogP contribution in [-0.2, 0) is 4.79 Å². The number of hydrogen-bond acceptors (Lipinski definition) is 3. The van der Waals surface area contributed by atoms with Gasteiger partial charge >= 0.3 is 5.91 Å². The van der Waals surface area contributed by atoms with Crippen LogP contribution in [0.4, 0.5) is 5.69 Å². The average molecular weight is 322 g/mol. The SMILES string of the molecule is COc1ccccc1C=N[C@@H]1C(=O)N(c2ccccc2)[N+](C)=C1C. The molecule has 5 heteroatoms. The molecule has 1 aliphatic rings. The van der Waals surface area contributed by atoms with Crippen LogP contribution >= 0.6 is 0 Å². The zero-order chi connectivity index (χ0) is 17.1. The highest BCUT2D eigenvalue weighted by Gasteiger charge is 2.44. The minimum absolute atomic E-state index is 0.0626. The summed E-state index contributed by atoms with van der Waals surface area (Å²) in [6.07, 6.45) is 1.70. The normalized spacial score (nSPS) is 17.9. The number of hydrazine groups is 1. The van der Waals surface area contributed by atoms with Gasteiger partial charge in [0.25, 0.3) is 0 Å². The number of methoxy groups -OCH3 is 1. The topological polar surface area (TPSA) is 44.9 Å². The first-order valence-corrected chi connectivity index (χ1v) is 7.75. The molecule has 0 unspecified atom stereocenters. The molecule has 0 aromatic heterocycles. The number of ether oxygens (including phenoxy) is 1. The van der Waals surface area contributed by atoms with E-state index < -0.39 is 6.04 Å². The van der Waals surface area contributed by atoms with Crippen molar-refractivity contribution in [2.24, 2.45) is 4.99 Å². The first-order valence-electron chi connectivity index (χ1n) is 7.75. The Hall–Kier alpha value is -2.95. The Balaban J connectivity index is 1.90. The number of anilines is 1. The number of hydrogen-bond donors (Lipinski definition) is 0. The van der Waals surface area contributed by atoms with Crippen LogP contribution in [0.25, 0.3) is 0 Å². The van der Waals surface area contributed by atoms with Crippen LogP contribution in [-0.4, -0.2) is 42.7 Å². The van der Waals surface area contributed by atoms with E-state index in [4.69, 9.17) is 4.74 Å². The summed E-state index contributed by atoms with van der Waals surface area (Å²) >= 11 is 0. The molecule has 2 aromatic carbocycles. The lowest BCUT2D eigenvalue weighted by molar-refractivity contribution is -0.495. The summed E-state index contributed by atoms with van der Waals surface area (Å²) in [5.41, 5.74) is 2.57. The van der Waals surface area contributed by atoms with Gasteiger partial charge in [-0.3, -0.25) is 9.79 Å². The highest BCUT2D eigenvalue weighted by Crippen LogP contribution is 2.21. The standard InChI is InChI=1S/C19H20N3O2/c1-14-18(20-13-15-9-7-8-12-17(15)24-3)19(23)22(21(14)2)16-10-5-4-6-11-16/h4-13,18H,1-3H3/q+1/t18-/m0/s1. The minimum Gasteiger partial charge on any atom is -0.496 e. The number of amides is 1. The van der Waals surface area contributed by atoms with Crippen LogP contribution in [0.2, 0.25) is 0 Å². The van der Waals surface area contributed by atoms with E-state index in [1.165, 1.54) is 0 Å². The fourth-order valence-corrected chi connectivity index (χ4v) is 2.75. The maximum Gasteiger partial charge on any atom is 0.318 e. The van der Waals surface area contributed by atoms with Gasteiger partial charge in [-0.05, 0) is 24.3 Å². The number of benzene rings is 2. The quantitative estimate of drug-likeness (QED) is 0.641. The lowest BCUT2D eigenvalue weighted by Crippen LogP contribution is -2.35. The lowest BCUT2D eigenvalue weighted by atomic mass is 10.2. The Morgan fingerprint density at radius 1 is 1.12 bits per heavy atom. The van der Waals surface area contributed by atoms with E-state index in [9.17, 15) is 4.79 Å². The van der Waals surface area contributed by atoms with E-state index in [2.05, 4.69) is 4.99 Å². The molecule has 0 saturated heterocycles. The Morgan fingerprint density at radius 2 is 1.79 bits per heavy atom. The van der Waals surface area contributed by atoms with Crippen molar-refractivity contribution in [3.8, 4) is 5.75 Å². The molecule has 1 aliphatic heterocycles. The second kappa shape index (κ2) is 6.66. The molecule has 5 nitrogen and oxygen atoms in total. The largest absolute Gasteiger partial charge is 0.496 e. The van der Waals surface area contributed by atoms with Gasteiger partial charge in [0.05, 0.1) is 7.11 Å².